The maximum Gasteiger partial charge on any atom is 0.410 e. The van der Waals surface area contributed by atoms with Gasteiger partial charge in [-0.1, -0.05) is 12.1 Å². The Hall–Kier alpha value is -3.29. The van der Waals surface area contributed by atoms with Crippen LogP contribution in [0, 0.1) is 0 Å². The maximum atomic E-state index is 12.6. The Morgan fingerprint density at radius 1 is 1.00 bits per heavy atom. The van der Waals surface area contributed by atoms with Gasteiger partial charge in [-0.15, -0.1) is 0 Å². The highest BCUT2D eigenvalue weighted by molar-refractivity contribution is 5.89. The summed E-state index contributed by atoms with van der Waals surface area (Å²) in [6.45, 7) is 7.99. The molecule has 3 amide bonds. The maximum absolute atomic E-state index is 12.6. The molecular formula is C27H36N4O4. The third-order valence-corrected chi connectivity index (χ3v) is 6.07. The van der Waals surface area contributed by atoms with Gasteiger partial charge in [0.25, 0.3) is 0 Å². The summed E-state index contributed by atoms with van der Waals surface area (Å²) in [5, 5.41) is 2.89. The van der Waals surface area contributed by atoms with Gasteiger partial charge in [0.05, 0.1) is 18.5 Å². The standard InChI is InChI=1S/C27H36N4O4/c1-27(2,3)35-26(33)31-16-14-30(15-17-31)25(32)29-23-11-10-22(28-19-23)5-4-18-34-24-12-8-21(9-13-24)20-6-7-20/h8-13,19-20H,4-7,14-18H2,1-3H3,(H,29,32). The second kappa shape index (κ2) is 11.0. The monoisotopic (exact) mass is 480 g/mol. The zero-order valence-electron chi connectivity index (χ0n) is 21.0. The fourth-order valence-corrected chi connectivity index (χ4v) is 3.96. The highest BCUT2D eigenvalue weighted by Crippen LogP contribution is 2.40. The van der Waals surface area contributed by atoms with Crippen molar-refractivity contribution in [1.29, 1.82) is 0 Å². The first kappa shape index (κ1) is 24.8. The molecule has 188 valence electrons. The number of nitrogens with zero attached hydrogens (tertiary/aromatic N) is 3. The molecule has 8 heteroatoms. The number of benzene rings is 1. The van der Waals surface area contributed by atoms with Gasteiger partial charge in [-0.05, 0) is 82.2 Å². The van der Waals surface area contributed by atoms with Crippen molar-refractivity contribution in [3.8, 4) is 5.75 Å². The first-order valence-electron chi connectivity index (χ1n) is 12.5. The molecule has 1 N–H and O–H groups in total. The number of ether oxygens (including phenoxy) is 2. The van der Waals surface area contributed by atoms with E-state index in [0.29, 0.717) is 38.5 Å². The van der Waals surface area contributed by atoms with E-state index in [1.807, 2.05) is 32.9 Å². The van der Waals surface area contributed by atoms with Crippen molar-refractivity contribution in [2.24, 2.45) is 0 Å². The first-order valence-corrected chi connectivity index (χ1v) is 12.5. The van der Waals surface area contributed by atoms with Crippen LogP contribution in [0.2, 0.25) is 0 Å². The Kier molecular flexibility index (Phi) is 7.78. The van der Waals surface area contributed by atoms with Crippen molar-refractivity contribution in [1.82, 2.24) is 14.8 Å². The largest absolute Gasteiger partial charge is 0.494 e. The van der Waals surface area contributed by atoms with Crippen molar-refractivity contribution in [3.63, 3.8) is 0 Å². The minimum absolute atomic E-state index is 0.190. The number of hydrogen-bond donors (Lipinski definition) is 1. The molecule has 2 heterocycles. The predicted octanol–water partition coefficient (Wildman–Crippen LogP) is 5.06. The summed E-state index contributed by atoms with van der Waals surface area (Å²) in [5.74, 6) is 1.67. The van der Waals surface area contributed by atoms with Crippen molar-refractivity contribution < 1.29 is 19.1 Å². The van der Waals surface area contributed by atoms with E-state index in [4.69, 9.17) is 9.47 Å². The number of nitrogens with one attached hydrogen (secondary N) is 1. The summed E-state index contributed by atoms with van der Waals surface area (Å²) < 4.78 is 11.3. The number of aryl methyl sites for hydroxylation is 1. The van der Waals surface area contributed by atoms with Gasteiger partial charge < -0.3 is 24.6 Å². The van der Waals surface area contributed by atoms with Crippen LogP contribution in [0.3, 0.4) is 0 Å². The molecule has 8 nitrogen and oxygen atoms in total. The van der Waals surface area contributed by atoms with Crippen molar-refractivity contribution in [2.75, 3.05) is 38.1 Å². The summed E-state index contributed by atoms with van der Waals surface area (Å²) in [6.07, 6.45) is 5.63. The molecule has 0 radical (unpaired) electrons. The normalized spacial score (nSPS) is 16.1. The Labute approximate surface area is 207 Å². The Balaban J connectivity index is 1.14. The summed E-state index contributed by atoms with van der Waals surface area (Å²) in [7, 11) is 0. The number of anilines is 1. The third-order valence-electron chi connectivity index (χ3n) is 6.07. The molecule has 2 aliphatic rings. The lowest BCUT2D eigenvalue weighted by molar-refractivity contribution is 0.0174. The zero-order chi connectivity index (χ0) is 24.8. The van der Waals surface area contributed by atoms with Crippen LogP contribution in [-0.2, 0) is 11.2 Å². The second-order valence-electron chi connectivity index (χ2n) is 10.2. The van der Waals surface area contributed by atoms with Crippen LogP contribution < -0.4 is 10.1 Å². The highest BCUT2D eigenvalue weighted by Gasteiger charge is 2.27. The average molecular weight is 481 g/mol. The van der Waals surface area contributed by atoms with Crippen molar-refractivity contribution in [2.45, 2.75) is 58.0 Å². The number of piperazine rings is 1. The number of urea groups is 1. The number of aromatic nitrogens is 1. The Morgan fingerprint density at radius 3 is 2.29 bits per heavy atom. The molecule has 1 aliphatic carbocycles. The number of carbonyl (C=O) groups is 2. The van der Waals surface area contributed by atoms with Crippen LogP contribution in [0.5, 0.6) is 5.75 Å². The molecule has 1 saturated carbocycles. The lowest BCUT2D eigenvalue weighted by atomic mass is 10.1. The van der Waals surface area contributed by atoms with Gasteiger partial charge in [-0.3, -0.25) is 4.98 Å². The van der Waals surface area contributed by atoms with Crippen LogP contribution in [0.4, 0.5) is 15.3 Å². The van der Waals surface area contributed by atoms with Crippen LogP contribution in [-0.4, -0.2) is 65.3 Å². The molecule has 2 aromatic rings. The Morgan fingerprint density at radius 2 is 1.69 bits per heavy atom. The van der Waals surface area contributed by atoms with E-state index in [0.717, 1.165) is 30.2 Å². The molecule has 1 aliphatic heterocycles. The fourth-order valence-electron chi connectivity index (χ4n) is 3.96. The zero-order valence-corrected chi connectivity index (χ0v) is 21.0. The van der Waals surface area contributed by atoms with E-state index >= 15 is 0 Å². The number of amides is 3. The van der Waals surface area contributed by atoms with Gasteiger partial charge in [-0.25, -0.2) is 9.59 Å². The van der Waals surface area contributed by atoms with Gasteiger partial charge in [0, 0.05) is 31.9 Å². The third kappa shape index (κ3) is 7.60. The molecule has 4 rings (SSSR count). The first-order chi connectivity index (χ1) is 16.8. The van der Waals surface area contributed by atoms with E-state index in [-0.39, 0.29) is 12.1 Å². The molecule has 1 aromatic carbocycles. The topological polar surface area (TPSA) is 84.0 Å². The summed E-state index contributed by atoms with van der Waals surface area (Å²) >= 11 is 0. The lowest BCUT2D eigenvalue weighted by Crippen LogP contribution is -2.52. The van der Waals surface area contributed by atoms with Gasteiger partial charge in [0.1, 0.15) is 11.4 Å². The van der Waals surface area contributed by atoms with Gasteiger partial charge in [0.15, 0.2) is 0 Å². The minimum atomic E-state index is -0.528. The molecule has 0 bridgehead atoms. The minimum Gasteiger partial charge on any atom is -0.494 e. The fraction of sp³-hybridized carbons (Fsp3) is 0.519. The van der Waals surface area contributed by atoms with Gasteiger partial charge in [0.2, 0.25) is 0 Å². The van der Waals surface area contributed by atoms with Crippen molar-refractivity contribution >= 4 is 17.8 Å². The Bertz CT molecular complexity index is 989. The van der Waals surface area contributed by atoms with E-state index < -0.39 is 5.60 Å². The van der Waals surface area contributed by atoms with Crippen molar-refractivity contribution in [3.05, 3.63) is 53.9 Å². The molecule has 1 aromatic heterocycles. The second-order valence-corrected chi connectivity index (χ2v) is 10.2. The van der Waals surface area contributed by atoms with Gasteiger partial charge in [-0.2, -0.15) is 0 Å². The number of hydrogen-bond acceptors (Lipinski definition) is 5. The van der Waals surface area contributed by atoms with Crippen LogP contribution in [0.1, 0.15) is 57.2 Å². The van der Waals surface area contributed by atoms with Gasteiger partial charge >= 0.3 is 12.1 Å². The smallest absolute Gasteiger partial charge is 0.410 e. The summed E-state index contributed by atoms with van der Waals surface area (Å²) in [4.78, 5) is 32.6. The van der Waals surface area contributed by atoms with E-state index in [1.165, 1.54) is 18.4 Å². The predicted molar refractivity (Wildman–Crippen MR) is 135 cm³/mol. The number of pyridine rings is 1. The number of carbonyl (C=O) groups excluding carboxylic acids is 2. The van der Waals surface area contributed by atoms with E-state index in [9.17, 15) is 9.59 Å². The molecule has 0 spiro atoms. The average Bonchev–Trinajstić information content (AvgIpc) is 3.68. The molecule has 2 fully saturated rings. The summed E-state index contributed by atoms with van der Waals surface area (Å²) in [5.41, 5.74) is 2.50. The molecule has 0 unspecified atom stereocenters. The SMILES string of the molecule is CC(C)(C)OC(=O)N1CCN(C(=O)Nc2ccc(CCCOc3ccc(C4CC4)cc3)nc2)CC1. The molecule has 1 saturated heterocycles. The van der Waals surface area contributed by atoms with Crippen LogP contribution in [0.25, 0.3) is 0 Å². The highest BCUT2D eigenvalue weighted by atomic mass is 16.6. The van der Waals surface area contributed by atoms with E-state index in [2.05, 4.69) is 34.6 Å². The van der Waals surface area contributed by atoms with Crippen LogP contribution >= 0.6 is 0 Å². The summed E-state index contributed by atoms with van der Waals surface area (Å²) in [6, 6.07) is 12.1. The van der Waals surface area contributed by atoms with Crippen LogP contribution in [0.15, 0.2) is 42.6 Å². The number of rotatable bonds is 7. The molecule has 0 atom stereocenters. The molecule has 35 heavy (non-hydrogen) atoms. The lowest BCUT2D eigenvalue weighted by Gasteiger charge is -2.35. The van der Waals surface area contributed by atoms with E-state index in [1.54, 1.807) is 16.0 Å². The molecular weight excluding hydrogens is 444 g/mol. The quantitative estimate of drug-likeness (QED) is 0.561.